The smallest absolute Gasteiger partial charge is 0.407 e. The minimum atomic E-state index is -0.502. The number of benzene rings is 1. The highest BCUT2D eigenvalue weighted by Crippen LogP contribution is 2.29. The molecule has 1 aromatic rings. The van der Waals surface area contributed by atoms with E-state index in [2.05, 4.69) is 21.2 Å². The Hall–Kier alpha value is -1.43. The highest BCUT2D eigenvalue weighted by Gasteiger charge is 2.15. The lowest BCUT2D eigenvalue weighted by atomic mass is 10.2. The molecule has 0 aliphatic heterocycles. The van der Waals surface area contributed by atoms with Crippen LogP contribution in [0.2, 0.25) is 0 Å². The molecule has 20 heavy (non-hydrogen) atoms. The standard InChI is InChI=1S/C14H20BrNO4/c1-14(2,3)20-13(17)16-7-8-19-12-9-10(15)5-6-11(12)18-4/h5-6,9H,7-8H2,1-4H3,(H,16,17). The lowest BCUT2D eigenvalue weighted by Gasteiger charge is -2.19. The maximum Gasteiger partial charge on any atom is 0.407 e. The van der Waals surface area contributed by atoms with Crippen LogP contribution in [0, 0.1) is 0 Å². The molecular formula is C14H20BrNO4. The van der Waals surface area contributed by atoms with Crippen LogP contribution < -0.4 is 14.8 Å². The number of nitrogens with one attached hydrogen (secondary N) is 1. The van der Waals surface area contributed by atoms with E-state index in [-0.39, 0.29) is 0 Å². The van der Waals surface area contributed by atoms with Gasteiger partial charge in [-0.1, -0.05) is 15.9 Å². The van der Waals surface area contributed by atoms with E-state index in [1.54, 1.807) is 13.2 Å². The first-order valence-corrected chi connectivity index (χ1v) is 7.04. The number of ether oxygens (including phenoxy) is 3. The molecule has 1 aromatic carbocycles. The van der Waals surface area contributed by atoms with Crippen molar-refractivity contribution in [3.63, 3.8) is 0 Å². The second-order valence-electron chi connectivity index (χ2n) is 5.07. The minimum Gasteiger partial charge on any atom is -0.493 e. The maximum atomic E-state index is 11.4. The van der Waals surface area contributed by atoms with E-state index >= 15 is 0 Å². The minimum absolute atomic E-state index is 0.325. The van der Waals surface area contributed by atoms with Gasteiger partial charge in [0, 0.05) is 4.47 Å². The summed E-state index contributed by atoms with van der Waals surface area (Å²) in [5, 5.41) is 2.62. The summed E-state index contributed by atoms with van der Waals surface area (Å²) in [4.78, 5) is 11.4. The summed E-state index contributed by atoms with van der Waals surface area (Å²) in [5.74, 6) is 1.26. The molecule has 0 saturated carbocycles. The van der Waals surface area contributed by atoms with Crippen LogP contribution in [0.1, 0.15) is 20.8 Å². The van der Waals surface area contributed by atoms with E-state index < -0.39 is 11.7 Å². The average molecular weight is 346 g/mol. The molecule has 0 spiro atoms. The number of carbonyl (C=O) groups excluding carboxylic acids is 1. The molecule has 0 unspecified atom stereocenters. The number of rotatable bonds is 5. The molecule has 0 bridgehead atoms. The summed E-state index contributed by atoms with van der Waals surface area (Å²) in [5.41, 5.74) is -0.502. The number of carbonyl (C=O) groups is 1. The zero-order valence-corrected chi connectivity index (χ0v) is 13.7. The topological polar surface area (TPSA) is 56.8 Å². The number of methoxy groups -OCH3 is 1. The van der Waals surface area contributed by atoms with E-state index in [9.17, 15) is 4.79 Å². The number of hydrogen-bond donors (Lipinski definition) is 1. The molecule has 1 N–H and O–H groups in total. The van der Waals surface area contributed by atoms with Gasteiger partial charge in [0.15, 0.2) is 11.5 Å². The third-order valence-corrected chi connectivity index (χ3v) is 2.65. The summed E-state index contributed by atoms with van der Waals surface area (Å²) in [6.45, 7) is 6.12. The van der Waals surface area contributed by atoms with Crippen LogP contribution in [0.4, 0.5) is 4.79 Å². The van der Waals surface area contributed by atoms with Crippen LogP contribution in [0.3, 0.4) is 0 Å². The van der Waals surface area contributed by atoms with Gasteiger partial charge in [0.25, 0.3) is 0 Å². The van der Waals surface area contributed by atoms with Gasteiger partial charge in [0.05, 0.1) is 13.7 Å². The zero-order chi connectivity index (χ0) is 15.2. The van der Waals surface area contributed by atoms with E-state index in [4.69, 9.17) is 14.2 Å². The van der Waals surface area contributed by atoms with Crippen molar-refractivity contribution in [3.05, 3.63) is 22.7 Å². The van der Waals surface area contributed by atoms with Crippen molar-refractivity contribution in [2.45, 2.75) is 26.4 Å². The molecule has 1 rings (SSSR count). The summed E-state index contributed by atoms with van der Waals surface area (Å²) in [7, 11) is 1.58. The summed E-state index contributed by atoms with van der Waals surface area (Å²) in [6.07, 6.45) is -0.456. The van der Waals surface area contributed by atoms with Crippen LogP contribution in [0.15, 0.2) is 22.7 Å². The van der Waals surface area contributed by atoms with E-state index in [1.807, 2.05) is 32.9 Å². The zero-order valence-electron chi connectivity index (χ0n) is 12.2. The molecule has 5 nitrogen and oxygen atoms in total. The number of halogens is 1. The highest BCUT2D eigenvalue weighted by molar-refractivity contribution is 9.10. The second-order valence-corrected chi connectivity index (χ2v) is 5.99. The average Bonchev–Trinajstić information content (AvgIpc) is 2.33. The van der Waals surface area contributed by atoms with Crippen molar-refractivity contribution < 1.29 is 19.0 Å². The highest BCUT2D eigenvalue weighted by atomic mass is 79.9. The lowest BCUT2D eigenvalue weighted by molar-refractivity contribution is 0.0520. The van der Waals surface area contributed by atoms with Gasteiger partial charge in [0.1, 0.15) is 12.2 Å². The third kappa shape index (κ3) is 6.14. The first-order chi connectivity index (χ1) is 9.31. The van der Waals surface area contributed by atoms with Crippen molar-refractivity contribution >= 4 is 22.0 Å². The predicted octanol–water partition coefficient (Wildman–Crippen LogP) is 3.36. The molecule has 0 aromatic heterocycles. The molecule has 112 valence electrons. The monoisotopic (exact) mass is 345 g/mol. The summed E-state index contributed by atoms with van der Waals surface area (Å²) in [6, 6.07) is 5.48. The Balaban J connectivity index is 2.38. The van der Waals surface area contributed by atoms with Gasteiger partial charge in [-0.15, -0.1) is 0 Å². The number of amides is 1. The van der Waals surface area contributed by atoms with Gasteiger partial charge < -0.3 is 19.5 Å². The van der Waals surface area contributed by atoms with E-state index in [1.165, 1.54) is 0 Å². The van der Waals surface area contributed by atoms with Crippen LogP contribution >= 0.6 is 15.9 Å². The Kier molecular flexibility index (Phi) is 6.13. The van der Waals surface area contributed by atoms with E-state index in [0.717, 1.165) is 4.47 Å². The third-order valence-electron chi connectivity index (χ3n) is 2.15. The SMILES string of the molecule is COc1ccc(Br)cc1OCCNC(=O)OC(C)(C)C. The normalized spacial score (nSPS) is 10.8. The van der Waals surface area contributed by atoms with Gasteiger partial charge in [0.2, 0.25) is 0 Å². The van der Waals surface area contributed by atoms with Crippen molar-refractivity contribution in [3.8, 4) is 11.5 Å². The van der Waals surface area contributed by atoms with Crippen LogP contribution in [-0.4, -0.2) is 32.0 Å². The van der Waals surface area contributed by atoms with Gasteiger partial charge >= 0.3 is 6.09 Å². The van der Waals surface area contributed by atoms with Gasteiger partial charge in [-0.05, 0) is 39.0 Å². The lowest BCUT2D eigenvalue weighted by Crippen LogP contribution is -2.34. The van der Waals surface area contributed by atoms with Crippen molar-refractivity contribution in [1.29, 1.82) is 0 Å². The van der Waals surface area contributed by atoms with Crippen molar-refractivity contribution in [2.75, 3.05) is 20.3 Å². The Morgan fingerprint density at radius 1 is 1.30 bits per heavy atom. The first kappa shape index (κ1) is 16.6. The second kappa shape index (κ2) is 7.38. The molecule has 0 aliphatic rings. The van der Waals surface area contributed by atoms with Gasteiger partial charge in [-0.3, -0.25) is 0 Å². The predicted molar refractivity (Wildman–Crippen MR) is 80.4 cm³/mol. The Morgan fingerprint density at radius 3 is 2.60 bits per heavy atom. The van der Waals surface area contributed by atoms with Crippen molar-refractivity contribution in [2.24, 2.45) is 0 Å². The molecule has 0 saturated heterocycles. The Morgan fingerprint density at radius 2 is 2.00 bits per heavy atom. The molecule has 0 radical (unpaired) electrons. The quantitative estimate of drug-likeness (QED) is 0.831. The van der Waals surface area contributed by atoms with Crippen LogP contribution in [-0.2, 0) is 4.74 Å². The fourth-order valence-electron chi connectivity index (χ4n) is 1.39. The fraction of sp³-hybridized carbons (Fsp3) is 0.500. The maximum absolute atomic E-state index is 11.4. The molecule has 0 heterocycles. The number of alkyl carbamates (subject to hydrolysis) is 1. The van der Waals surface area contributed by atoms with Crippen LogP contribution in [0.25, 0.3) is 0 Å². The molecule has 1 amide bonds. The molecule has 0 aliphatic carbocycles. The Labute approximate surface area is 127 Å². The number of hydrogen-bond acceptors (Lipinski definition) is 4. The van der Waals surface area contributed by atoms with Crippen molar-refractivity contribution in [1.82, 2.24) is 5.32 Å². The summed E-state index contributed by atoms with van der Waals surface area (Å²) < 4.78 is 16.8. The van der Waals surface area contributed by atoms with Crippen LogP contribution in [0.5, 0.6) is 11.5 Å². The molecule has 6 heteroatoms. The fourth-order valence-corrected chi connectivity index (χ4v) is 1.73. The van der Waals surface area contributed by atoms with Gasteiger partial charge in [-0.2, -0.15) is 0 Å². The first-order valence-electron chi connectivity index (χ1n) is 6.25. The summed E-state index contributed by atoms with van der Waals surface area (Å²) >= 11 is 3.37. The molecule has 0 fully saturated rings. The van der Waals surface area contributed by atoms with E-state index in [0.29, 0.717) is 24.7 Å². The van der Waals surface area contributed by atoms with Gasteiger partial charge in [-0.25, -0.2) is 4.79 Å². The Bertz CT molecular complexity index is 457. The largest absolute Gasteiger partial charge is 0.493 e. The molecule has 0 atom stereocenters. The molecular weight excluding hydrogens is 326 g/mol.